The number of nitrogens with zero attached hydrogens (tertiary/aromatic N) is 2. The zero-order chi connectivity index (χ0) is 13.8. The molecule has 0 bridgehead atoms. The molecule has 3 heteroatoms. The van der Waals surface area contributed by atoms with Gasteiger partial charge in [0.05, 0.1) is 0 Å². The zero-order valence-electron chi connectivity index (χ0n) is 11.9. The van der Waals surface area contributed by atoms with Crippen LogP contribution < -0.4 is 21.5 Å². The van der Waals surface area contributed by atoms with E-state index in [0.29, 0.717) is 0 Å². The van der Waals surface area contributed by atoms with Gasteiger partial charge in [0.2, 0.25) is 0 Å². The van der Waals surface area contributed by atoms with Crippen molar-refractivity contribution < 1.29 is 21.5 Å². The standard InChI is InChI=1S/C18H17N2.BrH/c1-15-12-20(13-16-8-4-2-5-9-16)14-18(19-15)17-10-6-3-7-11-17;/h2-12,14H,13H2,1H3;1H/q+1;/p-1. The number of hydrogen-bond donors (Lipinski definition) is 0. The first-order chi connectivity index (χ1) is 9.81. The van der Waals surface area contributed by atoms with Crippen LogP contribution in [0, 0.1) is 6.92 Å². The SMILES string of the molecule is Cc1c[n+](Cc2ccccc2)cc(-c2ccccc2)n1.[Br-]. The van der Waals surface area contributed by atoms with Gasteiger partial charge < -0.3 is 17.0 Å². The van der Waals surface area contributed by atoms with Gasteiger partial charge in [-0.2, -0.15) is 4.57 Å². The highest BCUT2D eigenvalue weighted by Crippen LogP contribution is 2.14. The minimum atomic E-state index is 0. The minimum Gasteiger partial charge on any atom is -1.00 e. The van der Waals surface area contributed by atoms with Gasteiger partial charge in [0.25, 0.3) is 0 Å². The van der Waals surface area contributed by atoms with E-state index in [1.807, 2.05) is 31.2 Å². The van der Waals surface area contributed by atoms with E-state index >= 15 is 0 Å². The first-order valence-corrected chi connectivity index (χ1v) is 6.78. The molecular weight excluding hydrogens is 324 g/mol. The van der Waals surface area contributed by atoms with Gasteiger partial charge in [-0.05, 0) is 6.92 Å². The van der Waals surface area contributed by atoms with E-state index in [2.05, 4.69) is 58.3 Å². The van der Waals surface area contributed by atoms with Crippen LogP contribution in [0.5, 0.6) is 0 Å². The Balaban J connectivity index is 0.00000161. The van der Waals surface area contributed by atoms with Crippen molar-refractivity contribution >= 4 is 0 Å². The fourth-order valence-corrected chi connectivity index (χ4v) is 2.32. The number of halogens is 1. The fourth-order valence-electron chi connectivity index (χ4n) is 2.32. The van der Waals surface area contributed by atoms with Crippen molar-refractivity contribution in [2.24, 2.45) is 0 Å². The summed E-state index contributed by atoms with van der Waals surface area (Å²) in [6, 6.07) is 20.8. The Morgan fingerprint density at radius 3 is 2.14 bits per heavy atom. The molecule has 0 atom stereocenters. The Morgan fingerprint density at radius 1 is 0.857 bits per heavy atom. The number of benzene rings is 2. The highest BCUT2D eigenvalue weighted by Gasteiger charge is 2.09. The molecule has 0 radical (unpaired) electrons. The average molecular weight is 341 g/mol. The maximum atomic E-state index is 4.62. The maximum absolute atomic E-state index is 4.62. The molecule has 0 aliphatic rings. The second-order valence-electron chi connectivity index (χ2n) is 4.92. The van der Waals surface area contributed by atoms with E-state index in [9.17, 15) is 0 Å². The summed E-state index contributed by atoms with van der Waals surface area (Å²) < 4.78 is 2.19. The molecule has 3 rings (SSSR count). The monoisotopic (exact) mass is 340 g/mol. The Bertz CT molecular complexity index is 697. The summed E-state index contributed by atoms with van der Waals surface area (Å²) in [6.07, 6.45) is 4.19. The summed E-state index contributed by atoms with van der Waals surface area (Å²) >= 11 is 0. The Hall–Kier alpha value is -2.00. The largest absolute Gasteiger partial charge is 1.00 e. The van der Waals surface area contributed by atoms with Crippen molar-refractivity contribution in [2.45, 2.75) is 13.5 Å². The molecule has 0 saturated carbocycles. The molecule has 0 saturated heterocycles. The van der Waals surface area contributed by atoms with Gasteiger partial charge >= 0.3 is 0 Å². The third-order valence-corrected chi connectivity index (χ3v) is 3.22. The first kappa shape index (κ1) is 15.4. The summed E-state index contributed by atoms with van der Waals surface area (Å²) in [5.41, 5.74) is 4.49. The van der Waals surface area contributed by atoms with Crippen molar-refractivity contribution in [2.75, 3.05) is 0 Å². The van der Waals surface area contributed by atoms with Crippen molar-refractivity contribution in [1.29, 1.82) is 0 Å². The Labute approximate surface area is 135 Å². The van der Waals surface area contributed by atoms with Crippen LogP contribution in [-0.4, -0.2) is 4.98 Å². The molecule has 21 heavy (non-hydrogen) atoms. The summed E-state index contributed by atoms with van der Waals surface area (Å²) in [4.78, 5) is 4.62. The van der Waals surface area contributed by atoms with Gasteiger partial charge in [-0.3, -0.25) is 0 Å². The number of aryl methyl sites for hydroxylation is 1. The second-order valence-corrected chi connectivity index (χ2v) is 4.92. The van der Waals surface area contributed by atoms with Crippen LogP contribution >= 0.6 is 0 Å². The van der Waals surface area contributed by atoms with Crippen LogP contribution in [0.15, 0.2) is 73.1 Å². The summed E-state index contributed by atoms with van der Waals surface area (Å²) in [6.45, 7) is 2.90. The van der Waals surface area contributed by atoms with Crippen molar-refractivity contribution in [1.82, 2.24) is 4.98 Å². The van der Waals surface area contributed by atoms with Crippen LogP contribution in [0.4, 0.5) is 0 Å². The number of aromatic nitrogens is 2. The van der Waals surface area contributed by atoms with Gasteiger partial charge in [0.15, 0.2) is 18.9 Å². The Kier molecular flexibility index (Phi) is 5.23. The molecule has 106 valence electrons. The normalized spacial score (nSPS) is 9.95. The molecule has 0 spiro atoms. The van der Waals surface area contributed by atoms with Gasteiger partial charge in [0, 0.05) is 11.1 Å². The van der Waals surface area contributed by atoms with Crippen LogP contribution in [0.1, 0.15) is 11.3 Å². The number of hydrogen-bond acceptors (Lipinski definition) is 1. The van der Waals surface area contributed by atoms with Gasteiger partial charge in [-0.1, -0.05) is 60.7 Å². The molecule has 0 aliphatic carbocycles. The lowest BCUT2D eigenvalue weighted by atomic mass is 10.1. The summed E-state index contributed by atoms with van der Waals surface area (Å²) in [7, 11) is 0. The van der Waals surface area contributed by atoms with Gasteiger partial charge in [-0.25, -0.2) is 4.98 Å². The summed E-state index contributed by atoms with van der Waals surface area (Å²) in [5, 5.41) is 0. The van der Waals surface area contributed by atoms with E-state index in [1.165, 1.54) is 5.56 Å². The molecule has 0 N–H and O–H groups in total. The highest BCUT2D eigenvalue weighted by atomic mass is 79.9. The van der Waals surface area contributed by atoms with Crippen molar-refractivity contribution in [3.63, 3.8) is 0 Å². The topological polar surface area (TPSA) is 16.8 Å². The minimum absolute atomic E-state index is 0. The molecule has 3 aromatic rings. The van der Waals surface area contributed by atoms with Gasteiger partial charge in [-0.15, -0.1) is 0 Å². The summed E-state index contributed by atoms with van der Waals surface area (Å²) in [5.74, 6) is 0. The average Bonchev–Trinajstić information content (AvgIpc) is 2.49. The van der Waals surface area contributed by atoms with E-state index in [4.69, 9.17) is 0 Å². The zero-order valence-corrected chi connectivity index (χ0v) is 13.5. The molecule has 1 heterocycles. The lowest BCUT2D eigenvalue weighted by Crippen LogP contribution is -3.00. The molecule has 0 amide bonds. The van der Waals surface area contributed by atoms with E-state index in [1.54, 1.807) is 0 Å². The van der Waals surface area contributed by atoms with Crippen molar-refractivity contribution in [3.05, 3.63) is 84.3 Å². The lowest BCUT2D eigenvalue weighted by Gasteiger charge is -2.03. The predicted octanol–water partition coefficient (Wildman–Crippen LogP) is 0.397. The molecule has 1 aromatic heterocycles. The molecule has 2 aromatic carbocycles. The molecule has 0 unspecified atom stereocenters. The number of rotatable bonds is 3. The molecular formula is C18H17BrN2. The van der Waals surface area contributed by atoms with Crippen LogP contribution in [0.3, 0.4) is 0 Å². The molecule has 0 fully saturated rings. The lowest BCUT2D eigenvalue weighted by molar-refractivity contribution is -0.688. The highest BCUT2D eigenvalue weighted by molar-refractivity contribution is 5.56. The van der Waals surface area contributed by atoms with Crippen molar-refractivity contribution in [3.8, 4) is 11.3 Å². The van der Waals surface area contributed by atoms with E-state index < -0.39 is 0 Å². The fraction of sp³-hybridized carbons (Fsp3) is 0.111. The first-order valence-electron chi connectivity index (χ1n) is 6.78. The molecule has 0 aliphatic heterocycles. The third kappa shape index (κ3) is 3.99. The van der Waals surface area contributed by atoms with E-state index in [-0.39, 0.29) is 17.0 Å². The van der Waals surface area contributed by atoms with Crippen LogP contribution in [0.2, 0.25) is 0 Å². The third-order valence-electron chi connectivity index (χ3n) is 3.22. The maximum Gasteiger partial charge on any atom is 0.195 e. The smallest absolute Gasteiger partial charge is 0.195 e. The van der Waals surface area contributed by atoms with Gasteiger partial charge in [0.1, 0.15) is 11.4 Å². The van der Waals surface area contributed by atoms with Crippen LogP contribution in [0.25, 0.3) is 11.3 Å². The van der Waals surface area contributed by atoms with E-state index in [0.717, 1.165) is 23.5 Å². The molecule has 2 nitrogen and oxygen atoms in total. The second kappa shape index (κ2) is 7.14. The van der Waals surface area contributed by atoms with Crippen LogP contribution in [-0.2, 0) is 6.54 Å². The quantitative estimate of drug-likeness (QED) is 0.630. The Morgan fingerprint density at radius 2 is 1.48 bits per heavy atom. The predicted molar refractivity (Wildman–Crippen MR) is 80.1 cm³/mol.